The van der Waals surface area contributed by atoms with Crippen molar-refractivity contribution in [3.05, 3.63) is 56.4 Å². The molecule has 0 saturated heterocycles. The third kappa shape index (κ3) is 2.64. The Labute approximate surface area is 146 Å². The van der Waals surface area contributed by atoms with Crippen LogP contribution in [0.5, 0.6) is 5.75 Å². The smallest absolute Gasteiger partial charge is 0.328 e. The summed E-state index contributed by atoms with van der Waals surface area (Å²) < 4.78 is 3.00. The van der Waals surface area contributed by atoms with Crippen LogP contribution in [0.25, 0.3) is 11.0 Å². The zero-order chi connectivity index (χ0) is 17.6. The van der Waals surface area contributed by atoms with Gasteiger partial charge in [-0.2, -0.15) is 0 Å². The first-order valence-electron chi connectivity index (χ1n) is 6.94. The van der Waals surface area contributed by atoms with Gasteiger partial charge in [-0.05, 0) is 30.3 Å². The van der Waals surface area contributed by atoms with E-state index in [1.807, 2.05) is 0 Å². The number of aryl methyl sites for hydroxylation is 2. The summed E-state index contributed by atoms with van der Waals surface area (Å²) in [4.78, 5) is 24.3. The number of phenolic OH excluding ortho intramolecular Hbond substituents is 1. The maximum absolute atomic E-state index is 12.4. The van der Waals surface area contributed by atoms with Gasteiger partial charge in [0.15, 0.2) is 0 Å². The molecule has 2 aromatic carbocycles. The Bertz CT molecular complexity index is 1040. The largest absolute Gasteiger partial charge is 0.506 e. The van der Waals surface area contributed by atoms with E-state index < -0.39 is 5.91 Å². The van der Waals surface area contributed by atoms with Crippen molar-refractivity contribution in [1.82, 2.24) is 9.13 Å². The fourth-order valence-electron chi connectivity index (χ4n) is 2.52. The minimum Gasteiger partial charge on any atom is -0.506 e. The summed E-state index contributed by atoms with van der Waals surface area (Å²) in [6, 6.07) is 7.76. The van der Waals surface area contributed by atoms with Crippen LogP contribution < -0.4 is 11.0 Å². The predicted octanol–water partition coefficient (Wildman–Crippen LogP) is 3.14. The number of carbonyl (C=O) groups is 1. The molecule has 0 aliphatic rings. The second-order valence-corrected chi connectivity index (χ2v) is 6.19. The predicted molar refractivity (Wildman–Crippen MR) is 94.2 cm³/mol. The Morgan fingerprint density at radius 2 is 1.75 bits per heavy atom. The van der Waals surface area contributed by atoms with Crippen LogP contribution in [0.2, 0.25) is 10.0 Å². The Morgan fingerprint density at radius 1 is 1.08 bits per heavy atom. The van der Waals surface area contributed by atoms with Gasteiger partial charge in [0.2, 0.25) is 0 Å². The highest BCUT2D eigenvalue weighted by Crippen LogP contribution is 2.31. The molecule has 8 heteroatoms. The third-order valence-electron chi connectivity index (χ3n) is 3.80. The molecule has 24 heavy (non-hydrogen) atoms. The van der Waals surface area contributed by atoms with Crippen molar-refractivity contribution in [3.8, 4) is 5.75 Å². The van der Waals surface area contributed by atoms with E-state index in [0.717, 1.165) is 5.52 Å². The molecular formula is C16H13Cl2N3O3. The molecule has 0 fully saturated rings. The topological polar surface area (TPSA) is 76.3 Å². The summed E-state index contributed by atoms with van der Waals surface area (Å²) in [5.41, 5.74) is 1.70. The lowest BCUT2D eigenvalue weighted by Crippen LogP contribution is -2.19. The van der Waals surface area contributed by atoms with Gasteiger partial charge in [0.05, 0.1) is 21.6 Å². The Balaban J connectivity index is 2.00. The summed E-state index contributed by atoms with van der Waals surface area (Å²) in [6.07, 6.45) is 0. The van der Waals surface area contributed by atoms with Gasteiger partial charge in [0.1, 0.15) is 5.75 Å². The molecule has 0 aliphatic heterocycles. The number of anilines is 1. The van der Waals surface area contributed by atoms with Crippen molar-refractivity contribution in [1.29, 1.82) is 0 Å². The van der Waals surface area contributed by atoms with Crippen LogP contribution in [-0.4, -0.2) is 20.1 Å². The van der Waals surface area contributed by atoms with Gasteiger partial charge in [-0.3, -0.25) is 13.9 Å². The number of fused-ring (bicyclic) bond motifs is 1. The number of halogens is 2. The van der Waals surface area contributed by atoms with Crippen molar-refractivity contribution in [2.24, 2.45) is 14.1 Å². The summed E-state index contributed by atoms with van der Waals surface area (Å²) in [5, 5.41) is 12.8. The van der Waals surface area contributed by atoms with Crippen LogP contribution in [-0.2, 0) is 14.1 Å². The number of amides is 1. The van der Waals surface area contributed by atoms with Crippen molar-refractivity contribution in [3.63, 3.8) is 0 Å². The molecule has 1 amide bonds. The molecule has 2 N–H and O–H groups in total. The third-order valence-corrected chi connectivity index (χ3v) is 4.31. The monoisotopic (exact) mass is 365 g/mol. The number of benzene rings is 2. The summed E-state index contributed by atoms with van der Waals surface area (Å²) in [7, 11) is 3.33. The van der Waals surface area contributed by atoms with Crippen molar-refractivity contribution >= 4 is 45.8 Å². The maximum Gasteiger partial charge on any atom is 0.328 e. The van der Waals surface area contributed by atoms with Gasteiger partial charge in [0.25, 0.3) is 5.91 Å². The lowest BCUT2D eigenvalue weighted by molar-refractivity contribution is 0.102. The van der Waals surface area contributed by atoms with Gasteiger partial charge < -0.3 is 10.4 Å². The maximum atomic E-state index is 12.4. The number of nitrogens with zero attached hydrogens (tertiary/aromatic N) is 2. The number of hydrogen-bond acceptors (Lipinski definition) is 3. The highest BCUT2D eigenvalue weighted by molar-refractivity contribution is 6.36. The summed E-state index contributed by atoms with van der Waals surface area (Å²) >= 11 is 11.7. The number of nitrogens with one attached hydrogen (secondary N) is 1. The lowest BCUT2D eigenvalue weighted by Gasteiger charge is -2.09. The number of rotatable bonds is 2. The average Bonchev–Trinajstić information content (AvgIpc) is 2.75. The summed E-state index contributed by atoms with van der Waals surface area (Å²) in [5.74, 6) is -0.899. The highest BCUT2D eigenvalue weighted by atomic mass is 35.5. The van der Waals surface area contributed by atoms with Crippen LogP contribution >= 0.6 is 23.2 Å². The average molecular weight is 366 g/mol. The molecule has 1 aromatic heterocycles. The van der Waals surface area contributed by atoms with E-state index in [4.69, 9.17) is 23.2 Å². The quantitative estimate of drug-likeness (QED) is 0.732. The van der Waals surface area contributed by atoms with Crippen LogP contribution in [0.3, 0.4) is 0 Å². The Kier molecular flexibility index (Phi) is 4.03. The Morgan fingerprint density at radius 3 is 2.46 bits per heavy atom. The van der Waals surface area contributed by atoms with Crippen LogP contribution in [0.4, 0.5) is 5.69 Å². The molecule has 6 nitrogen and oxygen atoms in total. The minimum absolute atomic E-state index is 0.00596. The van der Waals surface area contributed by atoms with Gasteiger partial charge in [-0.1, -0.05) is 23.2 Å². The molecular weight excluding hydrogens is 353 g/mol. The fourth-order valence-corrected chi connectivity index (χ4v) is 3.02. The molecule has 0 saturated carbocycles. The van der Waals surface area contributed by atoms with Gasteiger partial charge >= 0.3 is 5.69 Å². The van der Waals surface area contributed by atoms with E-state index in [9.17, 15) is 14.7 Å². The molecule has 1 heterocycles. The molecule has 3 rings (SSSR count). The van der Waals surface area contributed by atoms with Crippen molar-refractivity contribution in [2.45, 2.75) is 0 Å². The molecule has 0 bridgehead atoms. The minimum atomic E-state index is -0.558. The molecule has 0 atom stereocenters. The van der Waals surface area contributed by atoms with E-state index in [0.29, 0.717) is 11.2 Å². The SMILES string of the molecule is Cn1c(=O)n(C)c2cc(NC(=O)c3cc(Cl)cc(Cl)c3O)ccc21. The first-order chi connectivity index (χ1) is 11.3. The van der Waals surface area contributed by atoms with E-state index in [1.165, 1.54) is 21.3 Å². The van der Waals surface area contributed by atoms with Crippen LogP contribution in [0.15, 0.2) is 35.1 Å². The van der Waals surface area contributed by atoms with Crippen LogP contribution in [0, 0.1) is 0 Å². The Hall–Kier alpha value is -2.44. The first kappa shape index (κ1) is 16.4. The van der Waals surface area contributed by atoms with Gasteiger partial charge in [-0.15, -0.1) is 0 Å². The summed E-state index contributed by atoms with van der Waals surface area (Å²) in [6.45, 7) is 0. The van der Waals surface area contributed by atoms with Crippen molar-refractivity contribution in [2.75, 3.05) is 5.32 Å². The molecule has 0 spiro atoms. The molecule has 0 aliphatic carbocycles. The van der Waals surface area contributed by atoms with E-state index in [-0.39, 0.29) is 27.0 Å². The normalized spacial score (nSPS) is 11.0. The molecule has 0 radical (unpaired) electrons. The zero-order valence-corrected chi connectivity index (χ0v) is 14.3. The number of phenols is 1. The number of aromatic nitrogens is 2. The van der Waals surface area contributed by atoms with Gasteiger partial charge in [0, 0.05) is 24.8 Å². The first-order valence-corrected chi connectivity index (χ1v) is 7.70. The highest BCUT2D eigenvalue weighted by Gasteiger charge is 2.16. The number of hydrogen-bond donors (Lipinski definition) is 2. The molecule has 3 aromatic rings. The van der Waals surface area contributed by atoms with E-state index in [2.05, 4.69) is 5.32 Å². The van der Waals surface area contributed by atoms with E-state index in [1.54, 1.807) is 32.3 Å². The fraction of sp³-hybridized carbons (Fsp3) is 0.125. The van der Waals surface area contributed by atoms with E-state index >= 15 is 0 Å². The number of imidazole rings is 1. The second-order valence-electron chi connectivity index (χ2n) is 5.34. The zero-order valence-electron chi connectivity index (χ0n) is 12.8. The number of aromatic hydroxyl groups is 1. The standard InChI is InChI=1S/C16H13Cl2N3O3/c1-20-12-4-3-9(7-13(12)21(2)16(20)24)19-15(23)10-5-8(17)6-11(18)14(10)22/h3-7,22H,1-2H3,(H,19,23). The molecule has 0 unspecified atom stereocenters. The number of carbonyl (C=O) groups excluding carboxylic acids is 1. The second kappa shape index (κ2) is 5.89. The van der Waals surface area contributed by atoms with Gasteiger partial charge in [-0.25, -0.2) is 4.79 Å². The lowest BCUT2D eigenvalue weighted by atomic mass is 10.1. The van der Waals surface area contributed by atoms with Crippen LogP contribution in [0.1, 0.15) is 10.4 Å². The molecule has 124 valence electrons. The van der Waals surface area contributed by atoms with Crippen molar-refractivity contribution < 1.29 is 9.90 Å².